The molecule has 0 atom stereocenters. The highest BCUT2D eigenvalue weighted by Gasteiger charge is 2.20. The molecule has 0 fully saturated rings. The predicted octanol–water partition coefficient (Wildman–Crippen LogP) is 6.55. The molecule has 0 amide bonds. The molecule has 0 radical (unpaired) electrons. The lowest BCUT2D eigenvalue weighted by atomic mass is 9.86. The molecular weight excluding hydrogens is 317 g/mol. The Balaban J connectivity index is 2.00. The largest absolute Gasteiger partial charge is 0.253 e. The molecular formula is C21H18FNS. The van der Waals surface area contributed by atoms with Gasteiger partial charge < -0.3 is 0 Å². The number of pyridine rings is 1. The van der Waals surface area contributed by atoms with E-state index in [0.29, 0.717) is 5.56 Å². The lowest BCUT2D eigenvalue weighted by molar-refractivity contribution is 0.519. The second kappa shape index (κ2) is 5.38. The molecule has 24 heavy (non-hydrogen) atoms. The van der Waals surface area contributed by atoms with Gasteiger partial charge in [0, 0.05) is 25.7 Å². The number of halogens is 1. The fourth-order valence-electron chi connectivity index (χ4n) is 3.11. The molecule has 0 unspecified atom stereocenters. The van der Waals surface area contributed by atoms with E-state index in [9.17, 15) is 4.39 Å². The Hall–Kier alpha value is -2.26. The van der Waals surface area contributed by atoms with Crippen molar-refractivity contribution >= 4 is 31.5 Å². The lowest BCUT2D eigenvalue weighted by Gasteiger charge is -2.20. The van der Waals surface area contributed by atoms with Gasteiger partial charge in [-0.15, -0.1) is 11.3 Å². The maximum Gasteiger partial charge on any atom is 0.145 e. The number of aromatic nitrogens is 1. The molecule has 0 saturated heterocycles. The smallest absolute Gasteiger partial charge is 0.145 e. The minimum atomic E-state index is -0.254. The Bertz CT molecular complexity index is 1060. The number of benzene rings is 2. The Labute approximate surface area is 144 Å². The van der Waals surface area contributed by atoms with Gasteiger partial charge in [0.2, 0.25) is 0 Å². The van der Waals surface area contributed by atoms with Crippen LogP contribution in [0, 0.1) is 5.82 Å². The molecule has 0 spiro atoms. The quantitative estimate of drug-likeness (QED) is 0.384. The molecule has 1 nitrogen and oxygen atoms in total. The van der Waals surface area contributed by atoms with Crippen molar-refractivity contribution in [2.75, 3.05) is 0 Å². The lowest BCUT2D eigenvalue weighted by Crippen LogP contribution is -2.14. The highest BCUT2D eigenvalue weighted by atomic mass is 32.1. The molecule has 120 valence electrons. The topological polar surface area (TPSA) is 12.9 Å². The normalized spacial score (nSPS) is 12.2. The van der Waals surface area contributed by atoms with Gasteiger partial charge in [0.1, 0.15) is 5.82 Å². The van der Waals surface area contributed by atoms with Gasteiger partial charge in [-0.05, 0) is 23.1 Å². The molecule has 2 aromatic carbocycles. The summed E-state index contributed by atoms with van der Waals surface area (Å²) in [5, 5.41) is 2.49. The van der Waals surface area contributed by atoms with Crippen LogP contribution in [0.1, 0.15) is 26.3 Å². The summed E-state index contributed by atoms with van der Waals surface area (Å²) in [5.41, 5.74) is 2.35. The van der Waals surface area contributed by atoms with Crippen LogP contribution in [0.25, 0.3) is 31.4 Å². The van der Waals surface area contributed by atoms with Gasteiger partial charge in [-0.1, -0.05) is 57.2 Å². The van der Waals surface area contributed by atoms with Crippen LogP contribution in [0.4, 0.5) is 4.39 Å². The first-order valence-corrected chi connectivity index (χ1v) is 8.83. The zero-order chi connectivity index (χ0) is 16.9. The van der Waals surface area contributed by atoms with Crippen molar-refractivity contribution < 1.29 is 4.39 Å². The Morgan fingerprint density at radius 3 is 2.50 bits per heavy atom. The Morgan fingerprint density at radius 2 is 1.71 bits per heavy atom. The van der Waals surface area contributed by atoms with E-state index in [1.807, 2.05) is 26.8 Å². The summed E-state index contributed by atoms with van der Waals surface area (Å²) in [7, 11) is 0. The van der Waals surface area contributed by atoms with Crippen LogP contribution in [-0.4, -0.2) is 4.98 Å². The first-order chi connectivity index (χ1) is 11.4. The van der Waals surface area contributed by atoms with Crippen molar-refractivity contribution in [2.45, 2.75) is 26.2 Å². The van der Waals surface area contributed by atoms with E-state index in [1.165, 1.54) is 26.4 Å². The molecule has 2 heterocycles. The highest BCUT2D eigenvalue weighted by molar-refractivity contribution is 7.26. The molecule has 4 rings (SSSR count). The van der Waals surface area contributed by atoms with Crippen molar-refractivity contribution in [1.82, 2.24) is 4.98 Å². The van der Waals surface area contributed by atoms with Crippen LogP contribution in [0.5, 0.6) is 0 Å². The zero-order valence-electron chi connectivity index (χ0n) is 13.9. The zero-order valence-corrected chi connectivity index (χ0v) is 14.7. The average molecular weight is 335 g/mol. The Morgan fingerprint density at radius 1 is 0.958 bits per heavy atom. The summed E-state index contributed by atoms with van der Waals surface area (Å²) < 4.78 is 16.7. The van der Waals surface area contributed by atoms with E-state index in [0.717, 1.165) is 11.3 Å². The summed E-state index contributed by atoms with van der Waals surface area (Å²) in [6, 6.07) is 16.6. The first kappa shape index (κ1) is 15.3. The molecule has 0 saturated carbocycles. The highest BCUT2D eigenvalue weighted by Crippen LogP contribution is 2.40. The molecule has 2 aromatic heterocycles. The summed E-state index contributed by atoms with van der Waals surface area (Å²) in [4.78, 5) is 4.37. The second-order valence-electron chi connectivity index (χ2n) is 7.08. The van der Waals surface area contributed by atoms with Crippen LogP contribution in [0.3, 0.4) is 0 Å². The third-order valence-electron chi connectivity index (χ3n) is 4.34. The molecule has 0 aliphatic carbocycles. The van der Waals surface area contributed by atoms with Gasteiger partial charge in [0.05, 0.1) is 11.9 Å². The van der Waals surface area contributed by atoms with Crippen molar-refractivity contribution in [2.24, 2.45) is 0 Å². The third-order valence-corrected chi connectivity index (χ3v) is 5.56. The van der Waals surface area contributed by atoms with E-state index < -0.39 is 0 Å². The maximum absolute atomic E-state index is 14.2. The molecule has 0 aliphatic heterocycles. The van der Waals surface area contributed by atoms with Gasteiger partial charge in [-0.2, -0.15) is 0 Å². The van der Waals surface area contributed by atoms with Gasteiger partial charge in [-0.3, -0.25) is 4.98 Å². The molecule has 4 aromatic rings. The fraction of sp³-hybridized carbons (Fsp3) is 0.190. The van der Waals surface area contributed by atoms with Crippen LogP contribution in [0.15, 0.2) is 54.7 Å². The van der Waals surface area contributed by atoms with E-state index >= 15 is 0 Å². The van der Waals surface area contributed by atoms with Gasteiger partial charge in [-0.25, -0.2) is 4.39 Å². The number of hydrogen-bond donors (Lipinski definition) is 0. The van der Waals surface area contributed by atoms with Crippen LogP contribution < -0.4 is 0 Å². The maximum atomic E-state index is 14.2. The van der Waals surface area contributed by atoms with Gasteiger partial charge in [0.15, 0.2) is 0 Å². The number of fused-ring (bicyclic) bond motifs is 3. The van der Waals surface area contributed by atoms with Crippen molar-refractivity contribution in [3.8, 4) is 11.3 Å². The number of thiophene rings is 1. The van der Waals surface area contributed by atoms with E-state index in [1.54, 1.807) is 11.3 Å². The average Bonchev–Trinajstić information content (AvgIpc) is 2.93. The van der Waals surface area contributed by atoms with E-state index in [4.69, 9.17) is 0 Å². The van der Waals surface area contributed by atoms with Gasteiger partial charge in [0.25, 0.3) is 0 Å². The van der Waals surface area contributed by atoms with Crippen molar-refractivity contribution in [3.05, 3.63) is 66.1 Å². The van der Waals surface area contributed by atoms with Crippen molar-refractivity contribution in [1.29, 1.82) is 0 Å². The first-order valence-electron chi connectivity index (χ1n) is 8.02. The number of hydrogen-bond acceptors (Lipinski definition) is 2. The Kier molecular flexibility index (Phi) is 3.43. The second-order valence-corrected chi connectivity index (χ2v) is 8.13. The van der Waals surface area contributed by atoms with Crippen LogP contribution in [-0.2, 0) is 5.41 Å². The van der Waals surface area contributed by atoms with E-state index in [2.05, 4.69) is 47.4 Å². The van der Waals surface area contributed by atoms with E-state index in [-0.39, 0.29) is 11.2 Å². The summed E-state index contributed by atoms with van der Waals surface area (Å²) >= 11 is 1.77. The summed E-state index contributed by atoms with van der Waals surface area (Å²) in [5.74, 6) is -0.241. The summed E-state index contributed by atoms with van der Waals surface area (Å²) in [6.45, 7) is 6.07. The fourth-order valence-corrected chi connectivity index (χ4v) is 4.33. The SMILES string of the molecule is CC(C)(C)c1cc(-c2cccc3c2sc2ccccc23)ncc1F. The summed E-state index contributed by atoms with van der Waals surface area (Å²) in [6.07, 6.45) is 1.35. The van der Waals surface area contributed by atoms with Crippen LogP contribution in [0.2, 0.25) is 0 Å². The number of nitrogens with zero attached hydrogens (tertiary/aromatic N) is 1. The minimum Gasteiger partial charge on any atom is -0.253 e. The van der Waals surface area contributed by atoms with Crippen LogP contribution >= 0.6 is 11.3 Å². The molecule has 0 N–H and O–H groups in total. The predicted molar refractivity (Wildman–Crippen MR) is 101 cm³/mol. The number of rotatable bonds is 1. The van der Waals surface area contributed by atoms with Crippen molar-refractivity contribution in [3.63, 3.8) is 0 Å². The molecule has 3 heteroatoms. The molecule has 0 bridgehead atoms. The third kappa shape index (κ3) is 2.40. The van der Waals surface area contributed by atoms with Gasteiger partial charge >= 0.3 is 0 Å². The monoisotopic (exact) mass is 335 g/mol. The standard InChI is InChI=1S/C21H18FNS/c1-21(2,3)16-11-18(23-12-17(16)22)15-9-6-8-14-13-7-4-5-10-19(13)24-20(14)15/h4-12H,1-3H3. The molecule has 0 aliphatic rings. The minimum absolute atomic E-state index is 0.241.